The van der Waals surface area contributed by atoms with E-state index >= 15 is 0 Å². The topological polar surface area (TPSA) is 20.3 Å². The largest absolute Gasteiger partial charge is 0.331 e. The smallest absolute Gasteiger partial charge is 0.254 e. The second-order valence-electron chi connectivity index (χ2n) is 5.19. The molecule has 0 radical (unpaired) electrons. The SMILES string of the molecule is O=C(c1cccc(F)c1)N1CCC[C@@H]1c1ccccc1F. The molecule has 3 rings (SSSR count). The van der Waals surface area contributed by atoms with E-state index in [-0.39, 0.29) is 17.8 Å². The van der Waals surface area contributed by atoms with Crippen molar-refractivity contribution in [1.29, 1.82) is 0 Å². The lowest BCUT2D eigenvalue weighted by molar-refractivity contribution is 0.0733. The van der Waals surface area contributed by atoms with Crippen molar-refractivity contribution in [2.45, 2.75) is 18.9 Å². The van der Waals surface area contributed by atoms with Crippen LogP contribution in [0.1, 0.15) is 34.8 Å². The fraction of sp³-hybridized carbons (Fsp3) is 0.235. The van der Waals surface area contributed by atoms with E-state index < -0.39 is 5.82 Å². The van der Waals surface area contributed by atoms with E-state index in [1.807, 2.05) is 0 Å². The lowest BCUT2D eigenvalue weighted by Gasteiger charge is -2.25. The lowest BCUT2D eigenvalue weighted by Crippen LogP contribution is -2.31. The molecule has 2 aromatic carbocycles. The van der Waals surface area contributed by atoms with Crippen molar-refractivity contribution in [2.75, 3.05) is 6.54 Å². The quantitative estimate of drug-likeness (QED) is 0.819. The minimum Gasteiger partial charge on any atom is -0.331 e. The monoisotopic (exact) mass is 287 g/mol. The number of likely N-dealkylation sites (tertiary alicyclic amines) is 1. The van der Waals surface area contributed by atoms with Crippen LogP contribution in [0.25, 0.3) is 0 Å². The van der Waals surface area contributed by atoms with Crippen LogP contribution in [0.3, 0.4) is 0 Å². The van der Waals surface area contributed by atoms with Crippen LogP contribution in [-0.4, -0.2) is 17.4 Å². The predicted octanol–water partition coefficient (Wildman–Crippen LogP) is 3.94. The van der Waals surface area contributed by atoms with Crippen LogP contribution in [-0.2, 0) is 0 Å². The normalized spacial score (nSPS) is 18.0. The Bertz CT molecular complexity index is 671. The second kappa shape index (κ2) is 5.64. The fourth-order valence-corrected chi connectivity index (χ4v) is 2.87. The van der Waals surface area contributed by atoms with Gasteiger partial charge in [0, 0.05) is 17.7 Å². The van der Waals surface area contributed by atoms with Gasteiger partial charge in [-0.1, -0.05) is 24.3 Å². The van der Waals surface area contributed by atoms with Gasteiger partial charge < -0.3 is 4.90 Å². The van der Waals surface area contributed by atoms with E-state index in [1.165, 1.54) is 24.3 Å². The van der Waals surface area contributed by atoms with Gasteiger partial charge in [0.1, 0.15) is 11.6 Å². The number of benzene rings is 2. The van der Waals surface area contributed by atoms with E-state index in [1.54, 1.807) is 29.2 Å². The molecule has 0 aliphatic carbocycles. The molecule has 21 heavy (non-hydrogen) atoms. The zero-order valence-corrected chi connectivity index (χ0v) is 11.4. The van der Waals surface area contributed by atoms with Gasteiger partial charge in [0.25, 0.3) is 5.91 Å². The number of carbonyl (C=O) groups is 1. The van der Waals surface area contributed by atoms with Gasteiger partial charge in [-0.3, -0.25) is 4.79 Å². The summed E-state index contributed by atoms with van der Waals surface area (Å²) < 4.78 is 27.2. The van der Waals surface area contributed by atoms with Crippen LogP contribution in [0.5, 0.6) is 0 Å². The van der Waals surface area contributed by atoms with Crippen molar-refractivity contribution in [3.05, 3.63) is 71.3 Å². The average molecular weight is 287 g/mol. The first-order valence-electron chi connectivity index (χ1n) is 6.98. The van der Waals surface area contributed by atoms with E-state index in [0.717, 1.165) is 12.8 Å². The zero-order chi connectivity index (χ0) is 14.8. The molecular weight excluding hydrogens is 272 g/mol. The van der Waals surface area contributed by atoms with Crippen molar-refractivity contribution < 1.29 is 13.6 Å². The highest BCUT2D eigenvalue weighted by Gasteiger charge is 2.32. The fourth-order valence-electron chi connectivity index (χ4n) is 2.87. The second-order valence-corrected chi connectivity index (χ2v) is 5.19. The highest BCUT2D eigenvalue weighted by atomic mass is 19.1. The third-order valence-corrected chi connectivity index (χ3v) is 3.85. The molecule has 0 aromatic heterocycles. The molecule has 1 amide bonds. The van der Waals surface area contributed by atoms with Crippen LogP contribution < -0.4 is 0 Å². The molecule has 1 heterocycles. The van der Waals surface area contributed by atoms with Gasteiger partial charge in [0.15, 0.2) is 0 Å². The van der Waals surface area contributed by atoms with Crippen molar-refractivity contribution in [1.82, 2.24) is 4.90 Å². The molecule has 108 valence electrons. The highest BCUT2D eigenvalue weighted by Crippen LogP contribution is 2.34. The molecule has 0 unspecified atom stereocenters. The highest BCUT2D eigenvalue weighted by molar-refractivity contribution is 5.94. The van der Waals surface area contributed by atoms with Gasteiger partial charge in [-0.15, -0.1) is 0 Å². The molecule has 0 spiro atoms. The Morgan fingerprint density at radius 3 is 2.67 bits per heavy atom. The van der Waals surface area contributed by atoms with E-state index in [2.05, 4.69) is 0 Å². The summed E-state index contributed by atoms with van der Waals surface area (Å²) in [5.41, 5.74) is 0.831. The van der Waals surface area contributed by atoms with Gasteiger partial charge in [0.2, 0.25) is 0 Å². The van der Waals surface area contributed by atoms with Gasteiger partial charge >= 0.3 is 0 Å². The Kier molecular flexibility index (Phi) is 3.69. The molecule has 2 nitrogen and oxygen atoms in total. The first kappa shape index (κ1) is 13.7. The zero-order valence-electron chi connectivity index (χ0n) is 11.4. The molecule has 4 heteroatoms. The first-order valence-corrected chi connectivity index (χ1v) is 6.98. The molecule has 2 aromatic rings. The van der Waals surface area contributed by atoms with Crippen LogP contribution in [0.2, 0.25) is 0 Å². The predicted molar refractivity (Wildman–Crippen MR) is 75.8 cm³/mol. The van der Waals surface area contributed by atoms with E-state index in [4.69, 9.17) is 0 Å². The molecule has 0 saturated carbocycles. The van der Waals surface area contributed by atoms with Gasteiger partial charge in [-0.05, 0) is 37.1 Å². The van der Waals surface area contributed by atoms with Crippen LogP contribution in [0.15, 0.2) is 48.5 Å². The van der Waals surface area contributed by atoms with E-state index in [9.17, 15) is 13.6 Å². The number of hydrogen-bond donors (Lipinski definition) is 0. The van der Waals surface area contributed by atoms with Gasteiger partial charge in [0.05, 0.1) is 6.04 Å². The van der Waals surface area contributed by atoms with Crippen molar-refractivity contribution in [3.8, 4) is 0 Å². The standard InChI is InChI=1S/C17H15F2NO/c18-13-6-3-5-12(11-13)17(21)20-10-4-9-16(20)14-7-1-2-8-15(14)19/h1-3,5-8,11,16H,4,9-10H2/t16-/m1/s1. The first-order chi connectivity index (χ1) is 10.2. The summed E-state index contributed by atoms with van der Waals surface area (Å²) in [5.74, 6) is -0.996. The summed E-state index contributed by atoms with van der Waals surface area (Å²) in [7, 11) is 0. The maximum absolute atomic E-state index is 13.9. The summed E-state index contributed by atoms with van der Waals surface area (Å²) in [6.07, 6.45) is 1.54. The molecule has 1 saturated heterocycles. The number of nitrogens with zero attached hydrogens (tertiary/aromatic N) is 1. The molecule has 1 aliphatic heterocycles. The molecule has 0 N–H and O–H groups in total. The Balaban J connectivity index is 1.91. The number of hydrogen-bond acceptors (Lipinski definition) is 1. The number of rotatable bonds is 2. The Hall–Kier alpha value is -2.23. The number of carbonyl (C=O) groups excluding carboxylic acids is 1. The molecule has 1 atom stereocenters. The molecule has 1 fully saturated rings. The van der Waals surface area contributed by atoms with E-state index in [0.29, 0.717) is 17.7 Å². The molecule has 1 aliphatic rings. The van der Waals surface area contributed by atoms with Crippen LogP contribution in [0, 0.1) is 11.6 Å². The maximum atomic E-state index is 13.9. The van der Waals surface area contributed by atoms with Crippen LogP contribution in [0.4, 0.5) is 8.78 Å². The van der Waals surface area contributed by atoms with Gasteiger partial charge in [-0.2, -0.15) is 0 Å². The van der Waals surface area contributed by atoms with Crippen molar-refractivity contribution in [3.63, 3.8) is 0 Å². The Morgan fingerprint density at radius 1 is 1.10 bits per heavy atom. The lowest BCUT2D eigenvalue weighted by atomic mass is 10.0. The van der Waals surface area contributed by atoms with Crippen molar-refractivity contribution >= 4 is 5.91 Å². The maximum Gasteiger partial charge on any atom is 0.254 e. The Morgan fingerprint density at radius 2 is 1.90 bits per heavy atom. The summed E-state index contributed by atoms with van der Waals surface area (Å²) in [4.78, 5) is 14.2. The third kappa shape index (κ3) is 2.66. The Labute approximate surface area is 122 Å². The summed E-state index contributed by atoms with van der Waals surface area (Å²) >= 11 is 0. The molecular formula is C17H15F2NO. The van der Waals surface area contributed by atoms with Crippen LogP contribution >= 0.6 is 0 Å². The molecule has 0 bridgehead atoms. The minimum atomic E-state index is -0.442. The third-order valence-electron chi connectivity index (χ3n) is 3.85. The summed E-state index contributed by atoms with van der Waals surface area (Å²) in [6, 6.07) is 11.8. The summed E-state index contributed by atoms with van der Waals surface area (Å²) in [6.45, 7) is 0.564. The number of amides is 1. The minimum absolute atomic E-state index is 0.250. The average Bonchev–Trinajstić information content (AvgIpc) is 2.96. The number of halogens is 2. The van der Waals surface area contributed by atoms with Gasteiger partial charge in [-0.25, -0.2) is 8.78 Å². The van der Waals surface area contributed by atoms with Crippen molar-refractivity contribution in [2.24, 2.45) is 0 Å². The summed E-state index contributed by atoms with van der Waals surface area (Å²) in [5, 5.41) is 0.